The molecule has 5 nitrogen and oxygen atoms in total. The third kappa shape index (κ3) is 3.42. The van der Waals surface area contributed by atoms with Crippen molar-refractivity contribution in [1.82, 2.24) is 9.78 Å². The van der Waals surface area contributed by atoms with Gasteiger partial charge in [-0.3, -0.25) is 9.59 Å². The van der Waals surface area contributed by atoms with Gasteiger partial charge < -0.3 is 4.74 Å². The Hall–Kier alpha value is -2.43. The third-order valence-electron chi connectivity index (χ3n) is 3.18. The molecule has 0 fully saturated rings. The van der Waals surface area contributed by atoms with E-state index in [2.05, 4.69) is 5.10 Å². The van der Waals surface area contributed by atoms with Gasteiger partial charge in [0.15, 0.2) is 5.78 Å². The molecule has 0 unspecified atom stereocenters. The maximum absolute atomic E-state index is 12.1. The van der Waals surface area contributed by atoms with Gasteiger partial charge in [0.2, 0.25) is 0 Å². The Morgan fingerprint density at radius 3 is 2.41 bits per heavy atom. The highest BCUT2D eigenvalue weighted by atomic mass is 16.5. The minimum atomic E-state index is -0.349. The van der Waals surface area contributed by atoms with E-state index in [0.717, 1.165) is 11.3 Å². The van der Waals surface area contributed by atoms with Crippen LogP contribution in [0.15, 0.2) is 35.1 Å². The number of carbonyl (C=O) groups excluding carboxylic acids is 1. The van der Waals surface area contributed by atoms with Crippen LogP contribution < -0.4 is 10.3 Å². The molecule has 0 saturated carbocycles. The monoisotopic (exact) mass is 300 g/mol. The van der Waals surface area contributed by atoms with Crippen LogP contribution >= 0.6 is 0 Å². The van der Waals surface area contributed by atoms with Crippen LogP contribution in [-0.2, 0) is 6.54 Å². The fourth-order valence-corrected chi connectivity index (χ4v) is 2.13. The molecule has 5 heteroatoms. The lowest BCUT2D eigenvalue weighted by atomic mass is 10.1. The van der Waals surface area contributed by atoms with Crippen molar-refractivity contribution in [3.8, 4) is 17.0 Å². The summed E-state index contributed by atoms with van der Waals surface area (Å²) in [6.07, 6.45) is 0.107. The minimum absolute atomic E-state index is 0.107. The molecule has 0 aliphatic heterocycles. The maximum Gasteiger partial charge on any atom is 0.277 e. The van der Waals surface area contributed by atoms with Crippen molar-refractivity contribution in [3.63, 3.8) is 0 Å². The molecule has 22 heavy (non-hydrogen) atoms. The second-order valence-corrected chi connectivity index (χ2v) is 5.31. The first-order valence-electron chi connectivity index (χ1n) is 7.32. The van der Waals surface area contributed by atoms with E-state index in [1.165, 1.54) is 11.6 Å². The van der Waals surface area contributed by atoms with E-state index in [4.69, 9.17) is 4.74 Å². The van der Waals surface area contributed by atoms with Crippen molar-refractivity contribution >= 4 is 5.78 Å². The molecule has 0 aliphatic carbocycles. The van der Waals surface area contributed by atoms with Gasteiger partial charge in [-0.1, -0.05) is 0 Å². The fraction of sp³-hybridized carbons (Fsp3) is 0.353. The van der Waals surface area contributed by atoms with Crippen LogP contribution in [0.4, 0.5) is 0 Å². The minimum Gasteiger partial charge on any atom is -0.491 e. The molecule has 0 atom stereocenters. The first-order valence-corrected chi connectivity index (χ1v) is 7.32. The molecule has 0 radical (unpaired) electrons. The molecule has 0 aliphatic rings. The van der Waals surface area contributed by atoms with Gasteiger partial charge in [-0.25, -0.2) is 4.68 Å². The number of Topliss-reactive ketones (excluding diaryl/α,β-unsaturated/α-hetero) is 1. The zero-order valence-corrected chi connectivity index (χ0v) is 13.3. The van der Waals surface area contributed by atoms with Gasteiger partial charge in [0.25, 0.3) is 5.56 Å². The average molecular weight is 300 g/mol. The Morgan fingerprint density at radius 1 is 1.27 bits per heavy atom. The molecule has 0 bridgehead atoms. The number of carbonyl (C=O) groups is 1. The smallest absolute Gasteiger partial charge is 0.277 e. The summed E-state index contributed by atoms with van der Waals surface area (Å²) < 4.78 is 6.91. The summed E-state index contributed by atoms with van der Waals surface area (Å²) in [5.41, 5.74) is 1.25. The normalized spacial score (nSPS) is 10.8. The van der Waals surface area contributed by atoms with E-state index in [1.807, 2.05) is 45.0 Å². The SMILES string of the molecule is CCn1nc(-c2ccc(OC(C)C)cc2)cc(C(C)=O)c1=O. The van der Waals surface area contributed by atoms with Crippen LogP contribution in [-0.4, -0.2) is 21.7 Å². The van der Waals surface area contributed by atoms with Crippen LogP contribution in [0.25, 0.3) is 11.3 Å². The summed E-state index contributed by atoms with van der Waals surface area (Å²) >= 11 is 0. The number of ketones is 1. The summed E-state index contributed by atoms with van der Waals surface area (Å²) in [6.45, 7) is 7.56. The summed E-state index contributed by atoms with van der Waals surface area (Å²) in [5, 5.41) is 4.31. The average Bonchev–Trinajstić information content (AvgIpc) is 2.47. The van der Waals surface area contributed by atoms with Crippen molar-refractivity contribution in [1.29, 1.82) is 0 Å². The van der Waals surface area contributed by atoms with Crippen LogP contribution in [0.5, 0.6) is 5.75 Å². The van der Waals surface area contributed by atoms with Crippen molar-refractivity contribution < 1.29 is 9.53 Å². The standard InChI is InChI=1S/C17H20N2O3/c1-5-19-17(21)15(12(4)20)10-16(18-19)13-6-8-14(9-7-13)22-11(2)3/h6-11H,5H2,1-4H3. The van der Waals surface area contributed by atoms with Crippen LogP contribution in [0.3, 0.4) is 0 Å². The Labute approximate surface area is 129 Å². The summed E-state index contributed by atoms with van der Waals surface area (Å²) in [7, 11) is 0. The maximum atomic E-state index is 12.1. The zero-order valence-electron chi connectivity index (χ0n) is 13.3. The van der Waals surface area contributed by atoms with Crippen LogP contribution in [0, 0.1) is 0 Å². The number of nitrogens with zero attached hydrogens (tertiary/aromatic N) is 2. The first-order chi connectivity index (χ1) is 10.4. The van der Waals surface area contributed by atoms with E-state index < -0.39 is 0 Å². The Kier molecular flexibility index (Phi) is 4.75. The van der Waals surface area contributed by atoms with Gasteiger partial charge >= 0.3 is 0 Å². The molecule has 0 N–H and O–H groups in total. The number of aromatic nitrogens is 2. The highest BCUT2D eigenvalue weighted by Crippen LogP contribution is 2.21. The molecule has 2 aromatic rings. The van der Waals surface area contributed by atoms with Gasteiger partial charge in [0.05, 0.1) is 17.4 Å². The molecule has 1 heterocycles. The number of hydrogen-bond acceptors (Lipinski definition) is 4. The molecular formula is C17H20N2O3. The molecule has 0 saturated heterocycles. The predicted octanol–water partition coefficient (Wildman–Crippen LogP) is 2.92. The van der Waals surface area contributed by atoms with Crippen molar-refractivity contribution in [2.45, 2.75) is 40.3 Å². The number of rotatable bonds is 5. The molecule has 1 aromatic heterocycles. The fourth-order valence-electron chi connectivity index (χ4n) is 2.13. The Balaban J connectivity index is 2.46. The van der Waals surface area contributed by atoms with Crippen LogP contribution in [0.1, 0.15) is 38.1 Å². The number of hydrogen-bond donors (Lipinski definition) is 0. The highest BCUT2D eigenvalue weighted by molar-refractivity contribution is 5.94. The molecule has 0 spiro atoms. The second-order valence-electron chi connectivity index (χ2n) is 5.31. The molecule has 0 amide bonds. The molecular weight excluding hydrogens is 280 g/mol. The summed E-state index contributed by atoms with van der Waals surface area (Å²) in [5.74, 6) is 0.518. The lowest BCUT2D eigenvalue weighted by Crippen LogP contribution is -2.27. The molecule has 2 rings (SSSR count). The number of ether oxygens (including phenoxy) is 1. The largest absolute Gasteiger partial charge is 0.491 e. The Morgan fingerprint density at radius 2 is 1.91 bits per heavy atom. The second kappa shape index (κ2) is 6.56. The Bertz CT molecular complexity index is 731. The predicted molar refractivity (Wildman–Crippen MR) is 85.4 cm³/mol. The first kappa shape index (κ1) is 15.9. The molecule has 1 aromatic carbocycles. The summed E-state index contributed by atoms with van der Waals surface area (Å²) in [4.78, 5) is 23.7. The number of benzene rings is 1. The van der Waals surface area contributed by atoms with E-state index >= 15 is 0 Å². The van der Waals surface area contributed by atoms with Crippen molar-refractivity contribution in [2.24, 2.45) is 0 Å². The van der Waals surface area contributed by atoms with Crippen molar-refractivity contribution in [3.05, 3.63) is 46.2 Å². The van der Waals surface area contributed by atoms with E-state index in [1.54, 1.807) is 6.07 Å². The van der Waals surface area contributed by atoms with Crippen molar-refractivity contribution in [2.75, 3.05) is 0 Å². The number of aryl methyl sites for hydroxylation is 1. The van der Waals surface area contributed by atoms with Gasteiger partial charge in [0, 0.05) is 12.1 Å². The van der Waals surface area contributed by atoms with Gasteiger partial charge in [-0.05, 0) is 58.0 Å². The van der Waals surface area contributed by atoms with Gasteiger partial charge in [-0.15, -0.1) is 0 Å². The lowest BCUT2D eigenvalue weighted by molar-refractivity contribution is 0.101. The quantitative estimate of drug-likeness (QED) is 0.797. The lowest BCUT2D eigenvalue weighted by Gasteiger charge is -2.11. The topological polar surface area (TPSA) is 61.2 Å². The van der Waals surface area contributed by atoms with Gasteiger partial charge in [0.1, 0.15) is 5.75 Å². The van der Waals surface area contributed by atoms with E-state index in [-0.39, 0.29) is 23.0 Å². The zero-order chi connectivity index (χ0) is 16.3. The third-order valence-corrected chi connectivity index (χ3v) is 3.18. The molecule has 116 valence electrons. The van der Waals surface area contributed by atoms with Crippen LogP contribution in [0.2, 0.25) is 0 Å². The van der Waals surface area contributed by atoms with E-state index in [0.29, 0.717) is 12.2 Å². The summed E-state index contributed by atoms with van der Waals surface area (Å²) in [6, 6.07) is 9.00. The van der Waals surface area contributed by atoms with Gasteiger partial charge in [-0.2, -0.15) is 5.10 Å². The van der Waals surface area contributed by atoms with E-state index in [9.17, 15) is 9.59 Å². The highest BCUT2D eigenvalue weighted by Gasteiger charge is 2.12.